The van der Waals surface area contributed by atoms with Crippen LogP contribution in [0.3, 0.4) is 0 Å². The summed E-state index contributed by atoms with van der Waals surface area (Å²) in [4.78, 5) is 30.1. The van der Waals surface area contributed by atoms with Crippen LogP contribution in [0, 0.1) is 5.41 Å². The molecule has 0 spiro atoms. The number of para-hydroxylation sites is 2. The number of rotatable bonds is 6. The maximum Gasteiger partial charge on any atom is 0.260 e. The molecule has 6 heteroatoms. The van der Waals surface area contributed by atoms with E-state index in [-0.39, 0.29) is 17.6 Å². The van der Waals surface area contributed by atoms with Crippen LogP contribution in [-0.4, -0.2) is 31.2 Å². The topological polar surface area (TPSA) is 90.5 Å². The number of carbonyl (C=O) groups excluding carboxylic acids is 2. The van der Waals surface area contributed by atoms with Gasteiger partial charge >= 0.3 is 0 Å². The van der Waals surface area contributed by atoms with E-state index in [2.05, 4.69) is 0 Å². The van der Waals surface area contributed by atoms with Gasteiger partial charge in [0.25, 0.3) is 5.91 Å². The lowest BCUT2D eigenvalue weighted by Gasteiger charge is -2.32. The minimum Gasteiger partial charge on any atom is -0.384 e. The van der Waals surface area contributed by atoms with Gasteiger partial charge in [0, 0.05) is 31.3 Å². The molecule has 0 saturated carbocycles. The molecule has 0 fully saturated rings. The van der Waals surface area contributed by atoms with Crippen LogP contribution in [0.1, 0.15) is 39.9 Å². The smallest absolute Gasteiger partial charge is 0.260 e. The highest BCUT2D eigenvalue weighted by Crippen LogP contribution is 2.33. The molecule has 1 aliphatic rings. The maximum atomic E-state index is 13.4. The predicted octanol–water partition coefficient (Wildman–Crippen LogP) is 4.16. The Morgan fingerprint density at radius 1 is 1.00 bits per heavy atom. The average Bonchev–Trinajstić information content (AvgIpc) is 2.86. The third-order valence-electron chi connectivity index (χ3n) is 6.09. The van der Waals surface area contributed by atoms with Gasteiger partial charge in [0.15, 0.2) is 0 Å². The number of amides is 2. The number of nitrogens with two attached hydrogens (primary N) is 1. The number of amidine groups is 1. The Balaban J connectivity index is 1.55. The zero-order valence-corrected chi connectivity index (χ0v) is 18.8. The van der Waals surface area contributed by atoms with E-state index in [1.165, 1.54) is 0 Å². The molecular formula is C27H28N4O2. The van der Waals surface area contributed by atoms with Gasteiger partial charge in [-0.15, -0.1) is 0 Å². The molecule has 0 radical (unpaired) electrons. The molecule has 0 bridgehead atoms. The molecule has 168 valence electrons. The Kier molecular flexibility index (Phi) is 6.54. The summed E-state index contributed by atoms with van der Waals surface area (Å²) in [6.07, 6.45) is 2.65. The monoisotopic (exact) mass is 440 g/mol. The molecule has 4 rings (SSSR count). The largest absolute Gasteiger partial charge is 0.384 e. The fourth-order valence-corrected chi connectivity index (χ4v) is 4.26. The van der Waals surface area contributed by atoms with Crippen molar-refractivity contribution in [1.82, 2.24) is 0 Å². The minimum atomic E-state index is -0.127. The van der Waals surface area contributed by atoms with Crippen LogP contribution >= 0.6 is 0 Å². The number of nitrogens with zero attached hydrogens (tertiary/aromatic N) is 2. The van der Waals surface area contributed by atoms with Crippen molar-refractivity contribution in [3.05, 3.63) is 95.1 Å². The summed E-state index contributed by atoms with van der Waals surface area (Å²) >= 11 is 0. The highest BCUT2D eigenvalue weighted by atomic mass is 16.2. The molecule has 33 heavy (non-hydrogen) atoms. The number of hydrogen-bond donors (Lipinski definition) is 2. The Morgan fingerprint density at radius 2 is 1.73 bits per heavy atom. The van der Waals surface area contributed by atoms with E-state index in [1.807, 2.05) is 60.7 Å². The van der Waals surface area contributed by atoms with E-state index in [4.69, 9.17) is 11.1 Å². The second-order valence-electron chi connectivity index (χ2n) is 8.27. The molecule has 0 unspecified atom stereocenters. The molecule has 0 atom stereocenters. The summed E-state index contributed by atoms with van der Waals surface area (Å²) < 4.78 is 0. The van der Waals surface area contributed by atoms with Crippen molar-refractivity contribution < 1.29 is 9.59 Å². The second kappa shape index (κ2) is 9.69. The zero-order chi connectivity index (χ0) is 23.4. The maximum absolute atomic E-state index is 13.4. The molecule has 2 amide bonds. The fraction of sp³-hybridized carbons (Fsp3) is 0.222. The highest BCUT2D eigenvalue weighted by molar-refractivity contribution is 6.12. The Bertz CT molecular complexity index is 1170. The Labute approximate surface area is 194 Å². The van der Waals surface area contributed by atoms with Gasteiger partial charge < -0.3 is 15.5 Å². The van der Waals surface area contributed by atoms with Crippen molar-refractivity contribution in [3.63, 3.8) is 0 Å². The van der Waals surface area contributed by atoms with E-state index < -0.39 is 0 Å². The number of hydrogen-bond acceptors (Lipinski definition) is 3. The van der Waals surface area contributed by atoms with E-state index in [0.717, 1.165) is 35.3 Å². The van der Waals surface area contributed by atoms with E-state index in [0.29, 0.717) is 30.5 Å². The first kappa shape index (κ1) is 22.3. The van der Waals surface area contributed by atoms with Gasteiger partial charge in [-0.2, -0.15) is 0 Å². The van der Waals surface area contributed by atoms with E-state index in [1.54, 1.807) is 29.0 Å². The fourth-order valence-electron chi connectivity index (χ4n) is 4.26. The number of carbonyl (C=O) groups is 2. The van der Waals surface area contributed by atoms with E-state index in [9.17, 15) is 9.59 Å². The van der Waals surface area contributed by atoms with Crippen LogP contribution in [0.4, 0.5) is 11.4 Å². The molecule has 0 saturated heterocycles. The first-order valence-corrected chi connectivity index (χ1v) is 11.1. The van der Waals surface area contributed by atoms with Crippen molar-refractivity contribution in [3.8, 4) is 0 Å². The number of benzene rings is 3. The highest BCUT2D eigenvalue weighted by Gasteiger charge is 2.28. The number of fused-ring (bicyclic) bond motifs is 1. The predicted molar refractivity (Wildman–Crippen MR) is 132 cm³/mol. The number of nitrogens with one attached hydrogen (secondary N) is 1. The number of anilines is 2. The van der Waals surface area contributed by atoms with Gasteiger partial charge in [0.05, 0.1) is 11.3 Å². The molecule has 1 heterocycles. The van der Waals surface area contributed by atoms with Crippen molar-refractivity contribution >= 4 is 29.0 Å². The summed E-state index contributed by atoms with van der Waals surface area (Å²) in [5, 5.41) is 7.50. The van der Waals surface area contributed by atoms with Crippen LogP contribution in [0.5, 0.6) is 0 Å². The summed E-state index contributed by atoms with van der Waals surface area (Å²) in [6, 6.07) is 22.6. The molecule has 6 nitrogen and oxygen atoms in total. The third-order valence-corrected chi connectivity index (χ3v) is 6.09. The zero-order valence-electron chi connectivity index (χ0n) is 18.8. The number of nitrogen functional groups attached to an aromatic ring is 1. The van der Waals surface area contributed by atoms with Gasteiger partial charge in [-0.3, -0.25) is 15.0 Å². The van der Waals surface area contributed by atoms with Crippen LogP contribution in [0.2, 0.25) is 0 Å². The molecule has 3 aromatic rings. The first-order chi connectivity index (χ1) is 16.0. The minimum absolute atomic E-state index is 0.00853. The Morgan fingerprint density at radius 3 is 2.42 bits per heavy atom. The lowest BCUT2D eigenvalue weighted by atomic mass is 9.96. The standard InChI is InChI=1S/C27H28N4O2/c1-30(22-9-3-2-4-10-22)27(33)23-11-5-7-20-8-6-18-31(25(20)23)24(32)17-14-19-12-15-21(16-13-19)26(28)29/h2-5,7,9-13,15-16H,6,8,14,17-18H2,1H3,(H3,28,29). The van der Waals surface area contributed by atoms with Crippen LogP contribution in [0.15, 0.2) is 72.8 Å². The van der Waals surface area contributed by atoms with E-state index >= 15 is 0 Å². The summed E-state index contributed by atoms with van der Waals surface area (Å²) in [5.41, 5.74) is 10.3. The van der Waals surface area contributed by atoms with Crippen molar-refractivity contribution in [2.75, 3.05) is 23.4 Å². The van der Waals surface area contributed by atoms with Crippen LogP contribution in [0.25, 0.3) is 0 Å². The molecule has 0 aromatic heterocycles. The summed E-state index contributed by atoms with van der Waals surface area (Å²) in [7, 11) is 1.76. The normalized spacial score (nSPS) is 12.7. The molecule has 1 aliphatic heterocycles. The molecular weight excluding hydrogens is 412 g/mol. The van der Waals surface area contributed by atoms with Gasteiger partial charge in [-0.25, -0.2) is 0 Å². The third kappa shape index (κ3) is 4.80. The van der Waals surface area contributed by atoms with Crippen LogP contribution < -0.4 is 15.5 Å². The first-order valence-electron chi connectivity index (χ1n) is 11.1. The summed E-state index contributed by atoms with van der Waals surface area (Å²) in [5.74, 6) is -0.0907. The van der Waals surface area contributed by atoms with Crippen molar-refractivity contribution in [2.45, 2.75) is 25.7 Å². The van der Waals surface area contributed by atoms with Gasteiger partial charge in [-0.1, -0.05) is 54.6 Å². The number of aryl methyl sites for hydroxylation is 2. The van der Waals surface area contributed by atoms with Crippen molar-refractivity contribution in [2.24, 2.45) is 5.73 Å². The lowest BCUT2D eigenvalue weighted by Crippen LogP contribution is -2.38. The van der Waals surface area contributed by atoms with Gasteiger partial charge in [0.1, 0.15) is 5.84 Å². The van der Waals surface area contributed by atoms with Gasteiger partial charge in [0.2, 0.25) is 5.91 Å². The SMILES string of the molecule is CN(C(=O)c1cccc2c1N(C(=O)CCc1ccc(C(=N)N)cc1)CCC2)c1ccccc1. The molecule has 0 aliphatic carbocycles. The van der Waals surface area contributed by atoms with Crippen LogP contribution in [-0.2, 0) is 17.6 Å². The quantitative estimate of drug-likeness (QED) is 0.445. The van der Waals surface area contributed by atoms with Crippen molar-refractivity contribution in [1.29, 1.82) is 5.41 Å². The average molecular weight is 441 g/mol. The van der Waals surface area contributed by atoms with Gasteiger partial charge in [-0.05, 0) is 48.6 Å². The molecule has 3 aromatic carbocycles. The Hall–Kier alpha value is -3.93. The lowest BCUT2D eigenvalue weighted by molar-refractivity contribution is -0.118. The second-order valence-corrected chi connectivity index (χ2v) is 8.27. The summed E-state index contributed by atoms with van der Waals surface area (Å²) in [6.45, 7) is 0.606. The molecule has 3 N–H and O–H groups in total.